The van der Waals surface area contributed by atoms with Crippen LogP contribution in [-0.2, 0) is 16.1 Å². The van der Waals surface area contributed by atoms with E-state index in [4.69, 9.17) is 39.9 Å². The van der Waals surface area contributed by atoms with Crippen LogP contribution in [0.15, 0.2) is 45.9 Å². The predicted molar refractivity (Wildman–Crippen MR) is 232 cm³/mol. The molecule has 10 atom stereocenters. The zero-order valence-electron chi connectivity index (χ0n) is 34.8. The summed E-state index contributed by atoms with van der Waals surface area (Å²) >= 11 is 5.21. The number of rotatable bonds is 19. The van der Waals surface area contributed by atoms with Crippen molar-refractivity contribution in [2.24, 2.45) is 79.3 Å². The van der Waals surface area contributed by atoms with Gasteiger partial charge >= 0.3 is 5.97 Å². The van der Waals surface area contributed by atoms with Crippen LogP contribution < -0.4 is 28.3 Å². The second-order valence-electron chi connectivity index (χ2n) is 18.5. The van der Waals surface area contributed by atoms with Gasteiger partial charge in [0.1, 0.15) is 12.1 Å². The van der Waals surface area contributed by atoms with Crippen molar-refractivity contribution in [2.45, 2.75) is 149 Å². The zero-order chi connectivity index (χ0) is 40.6. The number of thiocarbonyl (C=S) groups is 1. The maximum Gasteiger partial charge on any atom is 0.338 e. The molecule has 4 aliphatic rings. The van der Waals surface area contributed by atoms with E-state index in [2.05, 4.69) is 56.0 Å². The minimum atomic E-state index is -0.743. The molecular formula is C45H71N7O3S. The van der Waals surface area contributed by atoms with E-state index in [1.54, 1.807) is 12.1 Å². The second kappa shape index (κ2) is 19.4. The first-order valence-corrected chi connectivity index (χ1v) is 22.0. The summed E-state index contributed by atoms with van der Waals surface area (Å²) in [4.78, 5) is 34.9. The molecule has 310 valence electrons. The van der Waals surface area contributed by atoms with E-state index in [-0.39, 0.29) is 35.2 Å². The number of esters is 1. The summed E-state index contributed by atoms with van der Waals surface area (Å²) in [5.74, 6) is 4.22. The molecule has 10 unspecified atom stereocenters. The number of unbranched alkanes of at least 4 members (excludes halogenated alkanes) is 1. The molecule has 1 aromatic carbocycles. The monoisotopic (exact) mass is 790 g/mol. The number of hydrogen-bond acceptors (Lipinski definition) is 7. The molecular weight excluding hydrogens is 719 g/mol. The SMILES string of the molecule is CC(C)CCCC(C)C1CCC2C3CC=C4CC(OC(=O)c5ccc(CNC(C=S)C(=O)C(CCCCN=C(N)N)N=C(N)N)cc5)CCC4(C)C3CCC12C. The fourth-order valence-electron chi connectivity index (χ4n) is 11.5. The summed E-state index contributed by atoms with van der Waals surface area (Å²) in [5, 5.41) is 4.61. The first-order valence-electron chi connectivity index (χ1n) is 21.5. The van der Waals surface area contributed by atoms with Gasteiger partial charge in [-0.05, 0) is 128 Å². The summed E-state index contributed by atoms with van der Waals surface area (Å²) < 4.78 is 6.17. The van der Waals surface area contributed by atoms with Gasteiger partial charge in [-0.1, -0.05) is 89.9 Å². The van der Waals surface area contributed by atoms with Crippen LogP contribution in [0.3, 0.4) is 0 Å². The number of allylic oxidation sites excluding steroid dienone is 1. The van der Waals surface area contributed by atoms with Crippen LogP contribution >= 0.6 is 12.2 Å². The molecule has 0 heterocycles. The van der Waals surface area contributed by atoms with Crippen molar-refractivity contribution >= 4 is 41.3 Å². The van der Waals surface area contributed by atoms with Gasteiger partial charge in [0, 0.05) is 24.9 Å². The van der Waals surface area contributed by atoms with E-state index in [0.29, 0.717) is 43.3 Å². The molecule has 3 saturated carbocycles. The highest BCUT2D eigenvalue weighted by Crippen LogP contribution is 2.67. The molecule has 5 rings (SSSR count). The van der Waals surface area contributed by atoms with Gasteiger partial charge in [-0.3, -0.25) is 15.1 Å². The predicted octanol–water partition coefficient (Wildman–Crippen LogP) is 7.37. The smallest absolute Gasteiger partial charge is 0.338 e. The quantitative estimate of drug-likeness (QED) is 0.0239. The number of hydrogen-bond donors (Lipinski definition) is 5. The van der Waals surface area contributed by atoms with E-state index in [1.807, 2.05) is 12.1 Å². The Bertz CT molecular complexity index is 1600. The largest absolute Gasteiger partial charge is 0.458 e. The average molecular weight is 790 g/mol. The maximum atomic E-state index is 13.4. The van der Waals surface area contributed by atoms with E-state index < -0.39 is 12.1 Å². The minimum absolute atomic E-state index is 0.0317. The molecule has 10 nitrogen and oxygen atoms in total. The van der Waals surface area contributed by atoms with Crippen LogP contribution in [-0.4, -0.2) is 53.8 Å². The molecule has 1 aromatic rings. The molecule has 56 heavy (non-hydrogen) atoms. The number of guanidine groups is 2. The molecule has 0 spiro atoms. The first kappa shape index (κ1) is 43.8. The van der Waals surface area contributed by atoms with Gasteiger partial charge in [0.05, 0.1) is 11.6 Å². The summed E-state index contributed by atoms with van der Waals surface area (Å²) in [7, 11) is 0. The van der Waals surface area contributed by atoms with Gasteiger partial charge in [-0.25, -0.2) is 9.79 Å². The standard InChI is InChI=1S/C45H71N7O3S/c1-28(2)9-8-10-29(3)35-18-19-36-34-17-16-32-25-33(20-22-44(32,4)37(34)21-23-45(35,36)5)55-41(54)31-14-12-30(13-15-31)26-51-39(27-56)40(53)38(52-43(48)49)11-6-7-24-50-42(46)47/h12-16,27-29,33-39,51H,6-11,17-26H2,1-5H3,(H4,46,47,50)(H4,48,49,52). The van der Waals surface area contributed by atoms with Crippen molar-refractivity contribution in [2.75, 3.05) is 6.54 Å². The molecule has 0 amide bonds. The van der Waals surface area contributed by atoms with Crippen molar-refractivity contribution in [1.29, 1.82) is 0 Å². The van der Waals surface area contributed by atoms with Crippen LogP contribution in [0.5, 0.6) is 0 Å². The number of nitrogens with one attached hydrogen (secondary N) is 1. The number of benzene rings is 1. The number of ether oxygens (including phenoxy) is 1. The lowest BCUT2D eigenvalue weighted by atomic mass is 9.47. The Labute approximate surface area is 341 Å². The van der Waals surface area contributed by atoms with Gasteiger partial charge in [-0.2, -0.15) is 0 Å². The summed E-state index contributed by atoms with van der Waals surface area (Å²) in [5.41, 5.74) is 25.7. The molecule has 9 N–H and O–H groups in total. The number of nitrogens with two attached hydrogens (primary N) is 4. The number of Topliss-reactive ketones (excluding diaryl/α,β-unsaturated/α-hetero) is 1. The first-order chi connectivity index (χ1) is 26.7. The molecule has 0 aromatic heterocycles. The summed E-state index contributed by atoms with van der Waals surface area (Å²) in [6, 6.07) is 5.87. The van der Waals surface area contributed by atoms with Crippen molar-refractivity contribution in [3.8, 4) is 0 Å². The lowest BCUT2D eigenvalue weighted by Gasteiger charge is -2.58. The number of fused-ring (bicyclic) bond motifs is 5. The Hall–Kier alpha value is -3.31. The number of carbonyl (C=O) groups is 2. The van der Waals surface area contributed by atoms with Crippen molar-refractivity contribution < 1.29 is 14.3 Å². The molecule has 0 bridgehead atoms. The highest BCUT2D eigenvalue weighted by Gasteiger charge is 2.59. The van der Waals surface area contributed by atoms with Gasteiger partial charge < -0.3 is 27.7 Å². The number of nitrogens with zero attached hydrogens (tertiary/aromatic N) is 2. The normalized spacial score (nSPS) is 29.8. The van der Waals surface area contributed by atoms with Crippen molar-refractivity contribution in [1.82, 2.24) is 5.32 Å². The van der Waals surface area contributed by atoms with Gasteiger partial charge in [0.15, 0.2) is 17.7 Å². The third-order valence-electron chi connectivity index (χ3n) is 14.5. The molecule has 4 aliphatic carbocycles. The minimum Gasteiger partial charge on any atom is -0.458 e. The summed E-state index contributed by atoms with van der Waals surface area (Å²) in [6.45, 7) is 13.3. The Morgan fingerprint density at radius 2 is 1.68 bits per heavy atom. The van der Waals surface area contributed by atoms with Crippen LogP contribution in [0, 0.1) is 46.3 Å². The van der Waals surface area contributed by atoms with Crippen molar-refractivity contribution in [3.63, 3.8) is 0 Å². The van der Waals surface area contributed by atoms with Crippen LogP contribution in [0.1, 0.15) is 140 Å². The lowest BCUT2D eigenvalue weighted by molar-refractivity contribution is -0.120. The molecule has 0 aliphatic heterocycles. The topological polar surface area (TPSA) is 184 Å². The molecule has 11 heteroatoms. The molecule has 0 saturated heterocycles. The third-order valence-corrected chi connectivity index (χ3v) is 14.8. The van der Waals surface area contributed by atoms with Gasteiger partial charge in [0.2, 0.25) is 0 Å². The summed E-state index contributed by atoms with van der Waals surface area (Å²) in [6.07, 6.45) is 17.9. The van der Waals surface area contributed by atoms with Crippen LogP contribution in [0.4, 0.5) is 0 Å². The highest BCUT2D eigenvalue weighted by atomic mass is 32.1. The van der Waals surface area contributed by atoms with Crippen LogP contribution in [0.25, 0.3) is 0 Å². The zero-order valence-corrected chi connectivity index (χ0v) is 35.6. The van der Waals surface area contributed by atoms with Gasteiger partial charge in [0.25, 0.3) is 0 Å². The Kier molecular flexibility index (Phi) is 15.2. The lowest BCUT2D eigenvalue weighted by Crippen LogP contribution is -2.51. The fourth-order valence-corrected chi connectivity index (χ4v) is 11.7. The molecule has 3 fully saturated rings. The number of carbonyl (C=O) groups excluding carboxylic acids is 2. The van der Waals surface area contributed by atoms with E-state index in [0.717, 1.165) is 60.3 Å². The van der Waals surface area contributed by atoms with Gasteiger partial charge in [-0.15, -0.1) is 0 Å². The second-order valence-corrected chi connectivity index (χ2v) is 18.8. The highest BCUT2D eigenvalue weighted by molar-refractivity contribution is 7.79. The Balaban J connectivity index is 1.12. The number of ketones is 1. The Morgan fingerprint density at radius 3 is 2.36 bits per heavy atom. The van der Waals surface area contributed by atoms with Crippen LogP contribution in [0.2, 0.25) is 0 Å². The molecule has 0 radical (unpaired) electrons. The third kappa shape index (κ3) is 10.4. The fraction of sp³-hybridized carbons (Fsp3) is 0.711. The maximum absolute atomic E-state index is 13.4. The number of aliphatic imine (C=N–C) groups is 2. The average Bonchev–Trinajstić information content (AvgIpc) is 3.51. The van der Waals surface area contributed by atoms with Crippen molar-refractivity contribution in [3.05, 3.63) is 47.0 Å². The Morgan fingerprint density at radius 1 is 0.929 bits per heavy atom. The van der Waals surface area contributed by atoms with E-state index in [1.165, 1.54) is 62.3 Å². The van der Waals surface area contributed by atoms with E-state index in [9.17, 15) is 9.59 Å². The van der Waals surface area contributed by atoms with E-state index >= 15 is 0 Å².